The number of halogens is 1. The summed E-state index contributed by atoms with van der Waals surface area (Å²) in [5.74, 6) is -0.0531. The van der Waals surface area contributed by atoms with E-state index in [0.717, 1.165) is 25.9 Å². The van der Waals surface area contributed by atoms with E-state index in [4.69, 9.17) is 4.74 Å². The van der Waals surface area contributed by atoms with Gasteiger partial charge in [-0.25, -0.2) is 4.98 Å². The molecule has 2 rings (SSSR count). The number of amides is 1. The number of rotatable bonds is 5. The molecule has 0 saturated carbocycles. The summed E-state index contributed by atoms with van der Waals surface area (Å²) in [4.78, 5) is 15.8. The number of piperidine rings is 1. The van der Waals surface area contributed by atoms with Crippen molar-refractivity contribution in [1.29, 1.82) is 0 Å². The number of ether oxygens (including phenoxy) is 1. The van der Waals surface area contributed by atoms with E-state index in [1.807, 2.05) is 6.07 Å². The van der Waals surface area contributed by atoms with Crippen LogP contribution in [0.2, 0.25) is 0 Å². The zero-order valence-corrected chi connectivity index (χ0v) is 12.3. The second-order valence-electron chi connectivity index (χ2n) is 4.46. The van der Waals surface area contributed by atoms with Crippen LogP contribution in [-0.4, -0.2) is 36.7 Å². The van der Waals surface area contributed by atoms with Gasteiger partial charge in [-0.2, -0.15) is 0 Å². The molecule has 1 aromatic rings. The Hall–Kier alpha value is -0.980. The number of carbonyl (C=O) groups is 1. The predicted octanol–water partition coefficient (Wildman–Crippen LogP) is 1.94. The van der Waals surface area contributed by atoms with Crippen LogP contribution in [-0.2, 0) is 9.53 Å². The van der Waals surface area contributed by atoms with Crippen molar-refractivity contribution in [1.82, 2.24) is 10.3 Å². The minimum Gasteiger partial charge on any atom is -0.378 e. The minimum atomic E-state index is -0.0531. The van der Waals surface area contributed by atoms with Crippen molar-refractivity contribution in [3.8, 4) is 0 Å². The van der Waals surface area contributed by atoms with E-state index >= 15 is 0 Å². The molecule has 0 aromatic carbocycles. The number of nitrogens with zero attached hydrogens (tertiary/aromatic N) is 1. The van der Waals surface area contributed by atoms with Crippen LogP contribution in [0.3, 0.4) is 0 Å². The fourth-order valence-corrected chi connectivity index (χ4v) is 2.32. The van der Waals surface area contributed by atoms with Crippen molar-refractivity contribution in [2.75, 3.05) is 25.0 Å². The quantitative estimate of drug-likeness (QED) is 0.811. The Bertz CT molecular complexity index is 422. The number of hydrogen-bond acceptors (Lipinski definition) is 4. The molecular weight excluding hydrogens is 310 g/mol. The van der Waals surface area contributed by atoms with Crippen LogP contribution in [0.25, 0.3) is 0 Å². The van der Waals surface area contributed by atoms with E-state index in [1.165, 1.54) is 0 Å². The maximum Gasteiger partial charge on any atom is 0.226 e. The van der Waals surface area contributed by atoms with Crippen molar-refractivity contribution in [2.24, 2.45) is 0 Å². The Balaban J connectivity index is 1.68. The topological polar surface area (TPSA) is 63.2 Å². The molecule has 1 saturated heterocycles. The summed E-state index contributed by atoms with van der Waals surface area (Å²) in [5.41, 5.74) is 0.689. The first-order chi connectivity index (χ1) is 9.25. The smallest absolute Gasteiger partial charge is 0.226 e. The number of anilines is 1. The summed E-state index contributed by atoms with van der Waals surface area (Å²) in [6, 6.07) is 3.59. The third-order valence-corrected chi connectivity index (χ3v) is 3.63. The summed E-state index contributed by atoms with van der Waals surface area (Å²) in [7, 11) is 0. The molecule has 1 aromatic heterocycles. The Kier molecular flexibility index (Phi) is 5.75. The maximum absolute atomic E-state index is 11.8. The van der Waals surface area contributed by atoms with Gasteiger partial charge in [-0.3, -0.25) is 4.79 Å². The number of pyridine rings is 1. The fraction of sp³-hybridized carbons (Fsp3) is 0.538. The first kappa shape index (κ1) is 14.4. The first-order valence-electron chi connectivity index (χ1n) is 6.48. The highest BCUT2D eigenvalue weighted by Crippen LogP contribution is 2.18. The van der Waals surface area contributed by atoms with Crippen LogP contribution >= 0.6 is 15.9 Å². The number of hydrogen-bond donors (Lipinski definition) is 2. The van der Waals surface area contributed by atoms with E-state index in [-0.39, 0.29) is 5.91 Å². The molecule has 0 atom stereocenters. The summed E-state index contributed by atoms with van der Waals surface area (Å²) in [5, 5.41) is 6.09. The van der Waals surface area contributed by atoms with Gasteiger partial charge in [-0.05, 0) is 54.0 Å². The van der Waals surface area contributed by atoms with Gasteiger partial charge in [0.2, 0.25) is 5.91 Å². The minimum absolute atomic E-state index is 0.0531. The standard InChI is InChI=1S/C13H18BrN3O2/c14-13-11(2-1-6-16-13)17-12(18)5-9-19-10-3-7-15-8-4-10/h1-2,6,10,15H,3-5,7-9H2,(H,17,18). The lowest BCUT2D eigenvalue weighted by atomic mass is 10.1. The molecule has 0 spiro atoms. The molecule has 1 fully saturated rings. The summed E-state index contributed by atoms with van der Waals surface area (Å²) >= 11 is 3.29. The molecule has 1 aliphatic rings. The maximum atomic E-state index is 11.8. The van der Waals surface area contributed by atoms with Gasteiger partial charge in [0.15, 0.2) is 0 Å². The summed E-state index contributed by atoms with van der Waals surface area (Å²) < 4.78 is 6.33. The Labute approximate surface area is 121 Å². The molecule has 5 nitrogen and oxygen atoms in total. The van der Waals surface area contributed by atoms with E-state index in [1.54, 1.807) is 12.3 Å². The highest BCUT2D eigenvalue weighted by atomic mass is 79.9. The average molecular weight is 328 g/mol. The molecule has 1 amide bonds. The second kappa shape index (κ2) is 7.57. The van der Waals surface area contributed by atoms with E-state index in [0.29, 0.717) is 29.4 Å². The number of aromatic nitrogens is 1. The molecule has 0 bridgehead atoms. The Morgan fingerprint density at radius 3 is 3.05 bits per heavy atom. The van der Waals surface area contributed by atoms with Gasteiger partial charge < -0.3 is 15.4 Å². The van der Waals surface area contributed by atoms with Gasteiger partial charge in [0.05, 0.1) is 24.8 Å². The predicted molar refractivity (Wildman–Crippen MR) is 77.0 cm³/mol. The van der Waals surface area contributed by atoms with Crippen molar-refractivity contribution < 1.29 is 9.53 Å². The molecular formula is C13H18BrN3O2. The second-order valence-corrected chi connectivity index (χ2v) is 5.21. The van der Waals surface area contributed by atoms with E-state index in [9.17, 15) is 4.79 Å². The van der Waals surface area contributed by atoms with Gasteiger partial charge in [-0.1, -0.05) is 0 Å². The van der Waals surface area contributed by atoms with E-state index in [2.05, 4.69) is 31.5 Å². The highest BCUT2D eigenvalue weighted by Gasteiger charge is 2.13. The van der Waals surface area contributed by atoms with Crippen LogP contribution in [0, 0.1) is 0 Å². The molecule has 104 valence electrons. The van der Waals surface area contributed by atoms with Gasteiger partial charge in [-0.15, -0.1) is 0 Å². The lowest BCUT2D eigenvalue weighted by Crippen LogP contribution is -2.33. The van der Waals surface area contributed by atoms with Crippen molar-refractivity contribution in [2.45, 2.75) is 25.4 Å². The molecule has 0 radical (unpaired) electrons. The molecule has 19 heavy (non-hydrogen) atoms. The number of nitrogens with one attached hydrogen (secondary N) is 2. The molecule has 6 heteroatoms. The van der Waals surface area contributed by atoms with Crippen molar-refractivity contribution >= 4 is 27.5 Å². The third-order valence-electron chi connectivity index (χ3n) is 3.00. The molecule has 0 unspecified atom stereocenters. The molecule has 2 heterocycles. The van der Waals surface area contributed by atoms with Crippen molar-refractivity contribution in [3.05, 3.63) is 22.9 Å². The van der Waals surface area contributed by atoms with Gasteiger partial charge >= 0.3 is 0 Å². The van der Waals surface area contributed by atoms with E-state index < -0.39 is 0 Å². The molecule has 1 aliphatic heterocycles. The van der Waals surface area contributed by atoms with Crippen LogP contribution in [0.15, 0.2) is 22.9 Å². The summed E-state index contributed by atoms with van der Waals surface area (Å²) in [6.45, 7) is 2.47. The van der Waals surface area contributed by atoms with Crippen molar-refractivity contribution in [3.63, 3.8) is 0 Å². The van der Waals surface area contributed by atoms with Gasteiger partial charge in [0.25, 0.3) is 0 Å². The largest absolute Gasteiger partial charge is 0.378 e. The Morgan fingerprint density at radius 1 is 1.53 bits per heavy atom. The number of carbonyl (C=O) groups excluding carboxylic acids is 1. The van der Waals surface area contributed by atoms with Gasteiger partial charge in [0, 0.05) is 6.20 Å². The fourth-order valence-electron chi connectivity index (χ4n) is 1.97. The normalized spacial score (nSPS) is 16.3. The monoisotopic (exact) mass is 327 g/mol. The first-order valence-corrected chi connectivity index (χ1v) is 7.27. The zero-order chi connectivity index (χ0) is 13.5. The zero-order valence-electron chi connectivity index (χ0n) is 10.7. The van der Waals surface area contributed by atoms with Crippen LogP contribution in [0.4, 0.5) is 5.69 Å². The van der Waals surface area contributed by atoms with Gasteiger partial charge in [0.1, 0.15) is 4.60 Å². The Morgan fingerprint density at radius 2 is 2.32 bits per heavy atom. The SMILES string of the molecule is O=C(CCOC1CCNCC1)Nc1cccnc1Br. The lowest BCUT2D eigenvalue weighted by molar-refractivity contribution is -0.117. The molecule has 0 aliphatic carbocycles. The summed E-state index contributed by atoms with van der Waals surface area (Å²) in [6.07, 6.45) is 4.37. The van der Waals surface area contributed by atoms with Crippen LogP contribution in [0.5, 0.6) is 0 Å². The third kappa shape index (κ3) is 4.89. The lowest BCUT2D eigenvalue weighted by Gasteiger charge is -2.22. The molecule has 2 N–H and O–H groups in total. The highest BCUT2D eigenvalue weighted by molar-refractivity contribution is 9.10. The average Bonchev–Trinajstić information content (AvgIpc) is 2.43. The van der Waals surface area contributed by atoms with Crippen LogP contribution in [0.1, 0.15) is 19.3 Å². The van der Waals surface area contributed by atoms with Crippen LogP contribution < -0.4 is 10.6 Å².